The molecule has 3 unspecified atom stereocenters. The second-order valence-electron chi connectivity index (χ2n) is 10.9. The topological polar surface area (TPSA) is 230 Å². The number of hydrogen-bond donors (Lipinski definition) is 5. The van der Waals surface area contributed by atoms with E-state index in [1.165, 1.54) is 6.33 Å². The van der Waals surface area contributed by atoms with E-state index in [0.29, 0.717) is 28.7 Å². The number of terminal acetylenes is 2. The van der Waals surface area contributed by atoms with Gasteiger partial charge in [-0.05, 0) is 19.3 Å². The van der Waals surface area contributed by atoms with E-state index >= 15 is 0 Å². The van der Waals surface area contributed by atoms with Crippen LogP contribution in [-0.2, 0) is 9.47 Å². The summed E-state index contributed by atoms with van der Waals surface area (Å²) >= 11 is 0. The molecule has 2 saturated heterocycles. The predicted octanol–water partition coefficient (Wildman–Crippen LogP) is 2.26. The Labute approximate surface area is 255 Å². The van der Waals surface area contributed by atoms with Crippen LogP contribution in [0.25, 0.3) is 22.3 Å². The number of nitrogens with two attached hydrogens (primary N) is 4. The minimum Gasteiger partial charge on any atom is -0.388 e. The summed E-state index contributed by atoms with van der Waals surface area (Å²) in [7, 11) is 0. The maximum atomic E-state index is 10.6. The highest BCUT2D eigenvalue weighted by molar-refractivity contribution is 5.83. The molecule has 4 aromatic heterocycles. The molecular formula is C29H40N12O3. The van der Waals surface area contributed by atoms with Crippen molar-refractivity contribution in [3.63, 3.8) is 0 Å². The monoisotopic (exact) mass is 604 g/mol. The Kier molecular flexibility index (Phi) is 8.61. The average molecular weight is 605 g/mol. The lowest BCUT2D eigenvalue weighted by molar-refractivity contribution is -0.0636. The second-order valence-corrected chi connectivity index (χ2v) is 10.9. The number of aliphatic hydroxyl groups excluding tert-OH is 1. The zero-order valence-electron chi connectivity index (χ0n) is 24.5. The highest BCUT2D eigenvalue weighted by Gasteiger charge is 2.51. The third-order valence-corrected chi connectivity index (χ3v) is 8.62. The molecule has 2 fully saturated rings. The number of hydrogen-bond acceptors (Lipinski definition) is 13. The Balaban J connectivity index is 0.000000197. The quantitative estimate of drug-likeness (QED) is 0.211. The molecule has 15 nitrogen and oxygen atoms in total. The fourth-order valence-electron chi connectivity index (χ4n) is 5.90. The number of anilines is 4. The second kappa shape index (κ2) is 11.8. The van der Waals surface area contributed by atoms with Crippen molar-refractivity contribution in [2.75, 3.05) is 22.9 Å². The molecule has 44 heavy (non-hydrogen) atoms. The first kappa shape index (κ1) is 32.2. The minimum atomic E-state index is -0.829. The molecule has 6 rings (SSSR count). The van der Waals surface area contributed by atoms with Crippen molar-refractivity contribution < 1.29 is 14.6 Å². The third kappa shape index (κ3) is 4.98. The number of aromatic nitrogens is 8. The van der Waals surface area contributed by atoms with Gasteiger partial charge < -0.3 is 37.5 Å². The van der Waals surface area contributed by atoms with Crippen molar-refractivity contribution in [3.8, 4) is 24.7 Å². The van der Waals surface area contributed by atoms with Crippen LogP contribution in [0.15, 0.2) is 12.7 Å². The smallest absolute Gasteiger partial charge is 0.224 e. The highest BCUT2D eigenvalue weighted by Crippen LogP contribution is 2.45. The maximum absolute atomic E-state index is 10.6. The molecule has 0 spiro atoms. The van der Waals surface area contributed by atoms with E-state index < -0.39 is 23.5 Å². The molecule has 7 atom stereocenters. The van der Waals surface area contributed by atoms with Crippen molar-refractivity contribution >= 4 is 45.9 Å². The molecule has 0 bridgehead atoms. The lowest BCUT2D eigenvalue weighted by Crippen LogP contribution is -2.34. The summed E-state index contributed by atoms with van der Waals surface area (Å²) in [5.74, 6) is 6.08. The molecule has 0 aromatic carbocycles. The third-order valence-electron chi connectivity index (χ3n) is 8.62. The van der Waals surface area contributed by atoms with Crippen LogP contribution in [0.1, 0.15) is 66.8 Å². The fraction of sp³-hybridized carbons (Fsp3) is 0.517. The summed E-state index contributed by atoms with van der Waals surface area (Å²) in [6.45, 7) is 7.92. The Bertz CT molecular complexity index is 1760. The van der Waals surface area contributed by atoms with Gasteiger partial charge in [0.25, 0.3) is 0 Å². The Morgan fingerprint density at radius 3 is 1.82 bits per heavy atom. The summed E-state index contributed by atoms with van der Waals surface area (Å²) in [6, 6.07) is 0. The summed E-state index contributed by atoms with van der Waals surface area (Å²) in [5.41, 5.74) is 23.5. The number of rotatable bonds is 4. The van der Waals surface area contributed by atoms with Gasteiger partial charge in [-0.15, -0.1) is 12.8 Å². The predicted molar refractivity (Wildman–Crippen MR) is 168 cm³/mol. The van der Waals surface area contributed by atoms with Gasteiger partial charge >= 0.3 is 0 Å². The molecule has 15 heteroatoms. The number of aliphatic hydroxyl groups is 1. The first-order chi connectivity index (χ1) is 20.4. The highest BCUT2D eigenvalue weighted by atomic mass is 16.5. The van der Waals surface area contributed by atoms with E-state index in [0.717, 1.165) is 12.8 Å². The van der Waals surface area contributed by atoms with Gasteiger partial charge in [-0.3, -0.25) is 9.13 Å². The number of nitrogens with zero attached hydrogens (tertiary/aromatic N) is 8. The van der Waals surface area contributed by atoms with E-state index in [9.17, 15) is 5.11 Å². The molecule has 0 aliphatic carbocycles. The van der Waals surface area contributed by atoms with Crippen molar-refractivity contribution in [1.82, 2.24) is 39.0 Å². The zero-order chi connectivity index (χ0) is 31.3. The Morgan fingerprint density at radius 2 is 1.36 bits per heavy atom. The number of imidazole rings is 2. The molecule has 2 aliphatic heterocycles. The molecule has 2 aliphatic rings. The molecule has 9 N–H and O–H groups in total. The lowest BCUT2D eigenvalue weighted by atomic mass is 9.85. The molecule has 234 valence electrons. The normalized spacial score (nSPS) is 29.5. The van der Waals surface area contributed by atoms with Crippen LogP contribution < -0.4 is 22.9 Å². The first-order valence-corrected chi connectivity index (χ1v) is 13.9. The minimum absolute atomic E-state index is 0. The molecule has 6 heterocycles. The van der Waals surface area contributed by atoms with E-state index in [1.807, 2.05) is 25.3 Å². The van der Waals surface area contributed by atoms with Crippen molar-refractivity contribution in [2.45, 2.75) is 84.1 Å². The van der Waals surface area contributed by atoms with Crippen LogP contribution in [0.4, 0.5) is 23.5 Å². The summed E-state index contributed by atoms with van der Waals surface area (Å²) in [4.78, 5) is 24.6. The molecule has 4 aromatic rings. The first-order valence-electron chi connectivity index (χ1n) is 13.9. The Hall–Kier alpha value is -4.70. The van der Waals surface area contributed by atoms with Crippen molar-refractivity contribution in [2.24, 2.45) is 11.8 Å². The van der Waals surface area contributed by atoms with Gasteiger partial charge in [0, 0.05) is 11.8 Å². The average Bonchev–Trinajstić information content (AvgIpc) is 3.73. The molecule has 0 radical (unpaired) electrons. The van der Waals surface area contributed by atoms with Crippen LogP contribution in [-0.4, -0.2) is 61.5 Å². The standard InChI is InChI=1S/C14H18N6O2.C14H18N6O.CH4/c1-4-14(5-2)7(3)9(21)12(22-14)20-6-17-8-10(15)18-13(16)19-11(8)20;1-4-14(5-2)8(3)6-9(21-14)20-7-17-10-11(15)18-13(16)19-12(10)20;/h1,6-7,9,12,21H,5H2,2-3H3,(H4,15,16,18,19);1,7-9H,5-6H2,2-3H3,(H4,15,16,18,19);1H4/t7?,9?,12-,14-;8?,9-,14-;/m11./s1. The Morgan fingerprint density at radius 1 is 0.864 bits per heavy atom. The molecule has 0 saturated carbocycles. The molecular weight excluding hydrogens is 564 g/mol. The van der Waals surface area contributed by atoms with Crippen LogP contribution in [0, 0.1) is 36.5 Å². The van der Waals surface area contributed by atoms with Crippen LogP contribution in [0.2, 0.25) is 0 Å². The lowest BCUT2D eigenvalue weighted by Gasteiger charge is -2.25. The van der Waals surface area contributed by atoms with E-state index in [2.05, 4.69) is 48.7 Å². The maximum Gasteiger partial charge on any atom is 0.224 e. The summed E-state index contributed by atoms with van der Waals surface area (Å²) in [5, 5.41) is 10.6. The van der Waals surface area contributed by atoms with Gasteiger partial charge in [0.1, 0.15) is 34.6 Å². The fourth-order valence-corrected chi connectivity index (χ4v) is 5.90. The van der Waals surface area contributed by atoms with Crippen LogP contribution in [0.5, 0.6) is 0 Å². The van der Waals surface area contributed by atoms with Gasteiger partial charge in [0.05, 0.1) is 12.7 Å². The van der Waals surface area contributed by atoms with Gasteiger partial charge in [0.15, 0.2) is 29.2 Å². The zero-order valence-corrected chi connectivity index (χ0v) is 24.5. The van der Waals surface area contributed by atoms with Crippen molar-refractivity contribution in [3.05, 3.63) is 12.7 Å². The van der Waals surface area contributed by atoms with Crippen LogP contribution >= 0.6 is 0 Å². The summed E-state index contributed by atoms with van der Waals surface area (Å²) < 4.78 is 15.6. The number of fused-ring (bicyclic) bond motifs is 2. The van der Waals surface area contributed by atoms with Crippen molar-refractivity contribution in [1.29, 1.82) is 0 Å². The van der Waals surface area contributed by atoms with E-state index in [-0.39, 0.29) is 49.0 Å². The van der Waals surface area contributed by atoms with Gasteiger partial charge in [0.2, 0.25) is 11.9 Å². The van der Waals surface area contributed by atoms with E-state index in [4.69, 9.17) is 45.3 Å². The van der Waals surface area contributed by atoms with Gasteiger partial charge in [-0.25, -0.2) is 9.97 Å². The van der Waals surface area contributed by atoms with Gasteiger partial charge in [-0.2, -0.15) is 19.9 Å². The number of ether oxygens (including phenoxy) is 2. The SMILES string of the molecule is C.C#C[C@]1(CC)O[C@@H](n2cnc3c(N)nc(N)nc32)C(O)C1C.C#C[C@]1(CC)O[C@@H](n2cnc3c(N)nc(N)nc32)CC1C. The summed E-state index contributed by atoms with van der Waals surface area (Å²) in [6.07, 6.45) is 14.9. The largest absolute Gasteiger partial charge is 0.388 e. The van der Waals surface area contributed by atoms with Crippen LogP contribution in [0.3, 0.4) is 0 Å². The van der Waals surface area contributed by atoms with Gasteiger partial charge in [-0.1, -0.05) is 47.0 Å². The van der Waals surface area contributed by atoms with E-state index in [1.54, 1.807) is 10.9 Å². The molecule has 0 amide bonds. The number of nitrogen functional groups attached to an aromatic ring is 4.